The maximum Gasteiger partial charge on any atom is 0.575 e. The highest BCUT2D eigenvalue weighted by Crippen LogP contribution is 2.22. The Labute approximate surface area is 173 Å². The first kappa shape index (κ1) is 27.7. The fourth-order valence-corrected chi connectivity index (χ4v) is 2.97. The lowest BCUT2D eigenvalue weighted by molar-refractivity contribution is -0.305. The summed E-state index contributed by atoms with van der Waals surface area (Å²) in [6, 6.07) is 0. The predicted molar refractivity (Wildman–Crippen MR) is 107 cm³/mol. The second-order valence-corrected chi connectivity index (χ2v) is 8.84. The van der Waals surface area contributed by atoms with Crippen molar-refractivity contribution in [2.45, 2.75) is 117 Å². The Balaban J connectivity index is 3.34. The number of rotatable bonds is 16. The first-order valence-corrected chi connectivity index (χ1v) is 10.9. The van der Waals surface area contributed by atoms with Crippen LogP contribution in [0.3, 0.4) is 0 Å². The van der Waals surface area contributed by atoms with Gasteiger partial charge in [-0.2, -0.15) is 0 Å². The molecule has 0 unspecified atom stereocenters. The van der Waals surface area contributed by atoms with Gasteiger partial charge in [-0.1, -0.05) is 72.1 Å². The molecule has 0 fully saturated rings. The van der Waals surface area contributed by atoms with Gasteiger partial charge in [0.1, 0.15) is 0 Å². The summed E-state index contributed by atoms with van der Waals surface area (Å²) in [5, 5.41) is 0. The molecule has 0 heterocycles. The Morgan fingerprint density at radius 1 is 0.655 bits per heavy atom. The van der Waals surface area contributed by atoms with E-state index in [9.17, 15) is 22.8 Å². The molecule has 0 amide bonds. The number of carbonyl (C=O) groups is 2. The van der Waals surface area contributed by atoms with Crippen LogP contribution in [-0.2, 0) is 19.1 Å². The number of halogens is 3. The summed E-state index contributed by atoms with van der Waals surface area (Å²) < 4.78 is 43.9. The minimum absolute atomic E-state index is 0.136. The van der Waals surface area contributed by atoms with Crippen LogP contribution in [-0.4, -0.2) is 24.9 Å². The molecule has 0 aliphatic rings. The summed E-state index contributed by atoms with van der Waals surface area (Å²) >= 11 is 0. The van der Waals surface area contributed by atoms with Crippen molar-refractivity contribution in [2.75, 3.05) is 6.61 Å². The van der Waals surface area contributed by atoms with Crippen molar-refractivity contribution in [3.8, 4) is 0 Å². The van der Waals surface area contributed by atoms with E-state index < -0.39 is 12.3 Å². The number of hydrogen-bond acceptors (Lipinski definition) is 4. The molecule has 0 spiro atoms. The number of alkyl halides is 3. The fraction of sp³-hybridized carbons (Fsp3) is 0.909. The van der Waals surface area contributed by atoms with Crippen LogP contribution in [0.2, 0.25) is 0 Å². The zero-order valence-corrected chi connectivity index (χ0v) is 18.4. The quantitative estimate of drug-likeness (QED) is 0.196. The first-order chi connectivity index (χ1) is 13.5. The molecule has 0 aliphatic heterocycles. The summed E-state index contributed by atoms with van der Waals surface area (Å²) in [6.07, 6.45) is 6.68. The van der Waals surface area contributed by atoms with Crippen molar-refractivity contribution in [1.82, 2.24) is 0 Å². The van der Waals surface area contributed by atoms with Gasteiger partial charge in [0.15, 0.2) is 0 Å². The van der Waals surface area contributed by atoms with Gasteiger partial charge in [-0.3, -0.25) is 9.59 Å². The second-order valence-electron chi connectivity index (χ2n) is 8.84. The monoisotopic (exact) mass is 424 g/mol. The maximum atomic E-state index is 11.8. The van der Waals surface area contributed by atoms with E-state index in [1.165, 1.54) is 19.3 Å². The molecule has 0 radical (unpaired) electrons. The van der Waals surface area contributed by atoms with Gasteiger partial charge < -0.3 is 9.47 Å². The van der Waals surface area contributed by atoms with E-state index in [1.54, 1.807) is 0 Å². The summed E-state index contributed by atoms with van der Waals surface area (Å²) in [5.74, 6) is -1.36. The highest BCUT2D eigenvalue weighted by Gasteiger charge is 2.33. The SMILES string of the molecule is CC(C)(C)CCCCCCCC(=O)OCCCCCCCCC(=O)OC(F)(F)F. The van der Waals surface area contributed by atoms with Gasteiger partial charge in [-0.15, -0.1) is 13.2 Å². The van der Waals surface area contributed by atoms with Crippen molar-refractivity contribution >= 4 is 11.9 Å². The molecule has 172 valence electrons. The molecule has 0 aromatic heterocycles. The maximum absolute atomic E-state index is 11.8. The standard InChI is InChI=1S/C22H39F3O4/c1-21(2,3)17-13-9-6-8-11-15-19(26)28-18-14-10-5-4-7-12-16-20(27)29-22(23,24)25/h4-18H2,1-3H3. The van der Waals surface area contributed by atoms with E-state index in [4.69, 9.17) is 4.74 Å². The van der Waals surface area contributed by atoms with Crippen LogP contribution in [0.15, 0.2) is 0 Å². The molecule has 0 aromatic carbocycles. The molecule has 0 saturated heterocycles. The van der Waals surface area contributed by atoms with Crippen molar-refractivity contribution < 1.29 is 32.2 Å². The van der Waals surface area contributed by atoms with Crippen LogP contribution in [0.5, 0.6) is 0 Å². The zero-order chi connectivity index (χ0) is 22.2. The first-order valence-electron chi connectivity index (χ1n) is 10.9. The Hall–Kier alpha value is -1.27. The van der Waals surface area contributed by atoms with E-state index in [-0.39, 0.29) is 12.4 Å². The topological polar surface area (TPSA) is 52.6 Å². The Morgan fingerprint density at radius 3 is 1.62 bits per heavy atom. The van der Waals surface area contributed by atoms with Crippen LogP contribution >= 0.6 is 0 Å². The molecule has 7 heteroatoms. The second kappa shape index (κ2) is 15.6. The lowest BCUT2D eigenvalue weighted by Gasteiger charge is -2.17. The van der Waals surface area contributed by atoms with Crippen LogP contribution in [0.25, 0.3) is 0 Å². The Kier molecular flexibility index (Phi) is 14.9. The molecular formula is C22H39F3O4. The van der Waals surface area contributed by atoms with Crippen molar-refractivity contribution in [1.29, 1.82) is 0 Å². The lowest BCUT2D eigenvalue weighted by Crippen LogP contribution is -2.18. The number of hydrogen-bond donors (Lipinski definition) is 0. The van der Waals surface area contributed by atoms with Crippen LogP contribution in [0, 0.1) is 5.41 Å². The molecule has 0 saturated carbocycles. The van der Waals surface area contributed by atoms with Crippen LogP contribution in [0.1, 0.15) is 111 Å². The van der Waals surface area contributed by atoms with Gasteiger partial charge >= 0.3 is 18.3 Å². The third kappa shape index (κ3) is 22.9. The number of carbonyl (C=O) groups excluding carboxylic acids is 2. The molecule has 0 atom stereocenters. The minimum Gasteiger partial charge on any atom is -0.466 e. The van der Waals surface area contributed by atoms with Crippen LogP contribution < -0.4 is 0 Å². The van der Waals surface area contributed by atoms with E-state index in [1.807, 2.05) is 0 Å². The van der Waals surface area contributed by atoms with Gasteiger partial charge in [-0.05, 0) is 31.1 Å². The summed E-state index contributed by atoms with van der Waals surface area (Å²) in [7, 11) is 0. The van der Waals surface area contributed by atoms with Crippen molar-refractivity contribution in [3.05, 3.63) is 0 Å². The summed E-state index contributed by atoms with van der Waals surface area (Å²) in [6.45, 7) is 7.18. The molecule has 29 heavy (non-hydrogen) atoms. The number of unbranched alkanes of at least 4 members (excludes halogenated alkanes) is 9. The molecular weight excluding hydrogens is 385 g/mol. The predicted octanol–water partition coefficient (Wildman–Crippen LogP) is 7.10. The lowest BCUT2D eigenvalue weighted by atomic mass is 9.89. The van der Waals surface area contributed by atoms with Crippen molar-refractivity contribution in [2.24, 2.45) is 5.41 Å². The summed E-state index contributed by atoms with van der Waals surface area (Å²) in [5.41, 5.74) is 0.397. The summed E-state index contributed by atoms with van der Waals surface area (Å²) in [4.78, 5) is 22.5. The third-order valence-electron chi connectivity index (χ3n) is 4.58. The largest absolute Gasteiger partial charge is 0.575 e. The highest BCUT2D eigenvalue weighted by molar-refractivity contribution is 5.69. The van der Waals surface area contributed by atoms with Crippen LogP contribution in [0.4, 0.5) is 13.2 Å². The van der Waals surface area contributed by atoms with Crippen molar-refractivity contribution in [3.63, 3.8) is 0 Å². The van der Waals surface area contributed by atoms with E-state index in [2.05, 4.69) is 25.5 Å². The third-order valence-corrected chi connectivity index (χ3v) is 4.58. The van der Waals surface area contributed by atoms with E-state index in [0.717, 1.165) is 44.9 Å². The average Bonchev–Trinajstić information content (AvgIpc) is 2.56. The number of ether oxygens (including phenoxy) is 2. The molecule has 0 N–H and O–H groups in total. The number of esters is 2. The molecule has 4 nitrogen and oxygen atoms in total. The Bertz CT molecular complexity index is 442. The normalized spacial score (nSPS) is 12.1. The van der Waals surface area contributed by atoms with Gasteiger partial charge in [0.2, 0.25) is 0 Å². The van der Waals surface area contributed by atoms with Gasteiger partial charge in [0.25, 0.3) is 0 Å². The van der Waals surface area contributed by atoms with Gasteiger partial charge in [0.05, 0.1) is 6.61 Å². The van der Waals surface area contributed by atoms with Gasteiger partial charge in [0, 0.05) is 12.8 Å². The molecule has 0 rings (SSSR count). The van der Waals surface area contributed by atoms with Gasteiger partial charge in [-0.25, -0.2) is 0 Å². The fourth-order valence-electron chi connectivity index (χ4n) is 2.97. The highest BCUT2D eigenvalue weighted by atomic mass is 19.4. The van der Waals surface area contributed by atoms with E-state index in [0.29, 0.717) is 31.3 Å². The molecule has 0 bridgehead atoms. The van der Waals surface area contributed by atoms with E-state index >= 15 is 0 Å². The smallest absolute Gasteiger partial charge is 0.466 e. The molecule has 0 aromatic rings. The molecule has 0 aliphatic carbocycles. The Morgan fingerprint density at radius 2 is 1.10 bits per heavy atom. The average molecular weight is 425 g/mol. The zero-order valence-electron chi connectivity index (χ0n) is 18.4. The minimum atomic E-state index is -4.89.